The summed E-state index contributed by atoms with van der Waals surface area (Å²) in [5.41, 5.74) is 0.671. The molecule has 3 fully saturated rings. The summed E-state index contributed by atoms with van der Waals surface area (Å²) in [4.78, 5) is 25.4. The van der Waals surface area contributed by atoms with E-state index < -0.39 is 11.4 Å². The van der Waals surface area contributed by atoms with E-state index in [2.05, 4.69) is 20.9 Å². The highest BCUT2D eigenvalue weighted by atomic mass is 19.1. The van der Waals surface area contributed by atoms with Crippen LogP contribution in [0.5, 0.6) is 0 Å². The molecule has 2 aliphatic heterocycles. The van der Waals surface area contributed by atoms with Crippen molar-refractivity contribution in [1.82, 2.24) is 14.9 Å². The standard InChI is InChI=1S/C22H22FN5O2/c23-17-7-16(10-25-11-17)22(5-6-22)30-14-21(29)27-12-18-2-3-19(13-27)28(18)20-4-1-15(8-24)9-26-20/h1,4,7,9-11,18-19H,2-3,5-6,12-14H2. The molecule has 2 unspecified atom stereocenters. The Morgan fingerprint density at radius 1 is 1.23 bits per heavy atom. The molecule has 2 bridgehead atoms. The number of nitrogens with zero attached hydrogens (tertiary/aromatic N) is 5. The highest BCUT2D eigenvalue weighted by Gasteiger charge is 2.47. The number of piperazine rings is 1. The molecule has 1 aliphatic carbocycles. The molecule has 154 valence electrons. The zero-order valence-electron chi connectivity index (χ0n) is 16.5. The molecule has 0 aromatic carbocycles. The molecule has 30 heavy (non-hydrogen) atoms. The molecule has 2 saturated heterocycles. The number of nitriles is 1. The molecule has 1 saturated carbocycles. The average Bonchev–Trinajstić information content (AvgIpc) is 3.52. The lowest BCUT2D eigenvalue weighted by Crippen LogP contribution is -2.56. The van der Waals surface area contributed by atoms with Crippen molar-refractivity contribution in [1.29, 1.82) is 5.26 Å². The number of likely N-dealkylation sites (tertiary alicyclic amines) is 1. The van der Waals surface area contributed by atoms with Crippen LogP contribution >= 0.6 is 0 Å². The van der Waals surface area contributed by atoms with Crippen LogP contribution < -0.4 is 4.90 Å². The molecule has 7 nitrogen and oxygen atoms in total. The number of fused-ring (bicyclic) bond motifs is 2. The number of rotatable bonds is 5. The van der Waals surface area contributed by atoms with Crippen LogP contribution in [-0.2, 0) is 15.1 Å². The molecule has 4 heterocycles. The predicted octanol–water partition coefficient (Wildman–Crippen LogP) is 2.37. The summed E-state index contributed by atoms with van der Waals surface area (Å²) in [7, 11) is 0. The summed E-state index contributed by atoms with van der Waals surface area (Å²) < 4.78 is 19.5. The van der Waals surface area contributed by atoms with Gasteiger partial charge in [-0.05, 0) is 43.9 Å². The van der Waals surface area contributed by atoms with Crippen LogP contribution in [0.1, 0.15) is 36.8 Å². The predicted molar refractivity (Wildman–Crippen MR) is 106 cm³/mol. The van der Waals surface area contributed by atoms with Gasteiger partial charge in [0, 0.05) is 43.1 Å². The van der Waals surface area contributed by atoms with Crippen LogP contribution in [-0.4, -0.2) is 52.6 Å². The zero-order valence-corrected chi connectivity index (χ0v) is 16.5. The Kier molecular flexibility index (Phi) is 4.63. The van der Waals surface area contributed by atoms with E-state index >= 15 is 0 Å². The molecule has 0 spiro atoms. The molecule has 1 amide bonds. The van der Waals surface area contributed by atoms with Gasteiger partial charge in [-0.2, -0.15) is 5.26 Å². The molecule has 8 heteroatoms. The topological polar surface area (TPSA) is 82.4 Å². The number of aromatic nitrogens is 2. The molecule has 5 rings (SSSR count). The van der Waals surface area contributed by atoms with Gasteiger partial charge in [0.2, 0.25) is 5.91 Å². The number of anilines is 1. The van der Waals surface area contributed by atoms with E-state index in [1.165, 1.54) is 12.3 Å². The number of pyridine rings is 2. The maximum atomic E-state index is 13.5. The second-order valence-electron chi connectivity index (χ2n) is 8.28. The fourth-order valence-corrected chi connectivity index (χ4v) is 4.67. The Hall–Kier alpha value is -3.05. The van der Waals surface area contributed by atoms with Crippen molar-refractivity contribution in [2.75, 3.05) is 24.6 Å². The van der Waals surface area contributed by atoms with Gasteiger partial charge in [0.15, 0.2) is 0 Å². The Bertz CT molecular complexity index is 987. The Morgan fingerprint density at radius 2 is 2.00 bits per heavy atom. The van der Waals surface area contributed by atoms with E-state index in [4.69, 9.17) is 10.00 Å². The number of hydrogen-bond donors (Lipinski definition) is 0. The fraction of sp³-hybridized carbons (Fsp3) is 0.455. The third-order valence-electron chi connectivity index (χ3n) is 6.38. The lowest BCUT2D eigenvalue weighted by atomic mass is 10.1. The van der Waals surface area contributed by atoms with Gasteiger partial charge in [0.25, 0.3) is 0 Å². The molecule has 2 atom stereocenters. The van der Waals surface area contributed by atoms with Gasteiger partial charge in [-0.3, -0.25) is 9.78 Å². The van der Waals surface area contributed by atoms with Crippen molar-refractivity contribution in [2.45, 2.75) is 43.4 Å². The van der Waals surface area contributed by atoms with Crippen molar-refractivity contribution < 1.29 is 13.9 Å². The summed E-state index contributed by atoms with van der Waals surface area (Å²) in [6, 6.07) is 7.63. The normalized spacial score (nSPS) is 23.9. The van der Waals surface area contributed by atoms with E-state index in [9.17, 15) is 9.18 Å². The Labute approximate surface area is 174 Å². The van der Waals surface area contributed by atoms with Crippen molar-refractivity contribution in [3.8, 4) is 6.07 Å². The lowest BCUT2D eigenvalue weighted by molar-refractivity contribution is -0.140. The Balaban J connectivity index is 1.22. The van der Waals surface area contributed by atoms with Crippen molar-refractivity contribution >= 4 is 11.7 Å². The molecular weight excluding hydrogens is 385 g/mol. The van der Waals surface area contributed by atoms with Gasteiger partial charge in [0.05, 0.1) is 17.4 Å². The number of ether oxygens (including phenoxy) is 1. The first-order valence-electron chi connectivity index (χ1n) is 10.3. The van der Waals surface area contributed by atoms with Gasteiger partial charge >= 0.3 is 0 Å². The molecule has 2 aromatic rings. The number of amides is 1. The van der Waals surface area contributed by atoms with Gasteiger partial charge in [-0.15, -0.1) is 0 Å². The van der Waals surface area contributed by atoms with E-state index in [1.54, 1.807) is 18.5 Å². The van der Waals surface area contributed by atoms with Crippen LogP contribution in [0.15, 0.2) is 36.8 Å². The largest absolute Gasteiger partial charge is 0.360 e. The van der Waals surface area contributed by atoms with E-state index in [0.717, 1.165) is 31.5 Å². The molecule has 0 radical (unpaired) electrons. The highest BCUT2D eigenvalue weighted by molar-refractivity contribution is 5.78. The average molecular weight is 407 g/mol. The second kappa shape index (κ2) is 7.33. The minimum Gasteiger partial charge on any atom is -0.360 e. The molecule has 0 N–H and O–H groups in total. The summed E-state index contributed by atoms with van der Waals surface area (Å²) in [5, 5.41) is 8.97. The first-order chi connectivity index (χ1) is 14.6. The first-order valence-corrected chi connectivity index (χ1v) is 10.3. The van der Waals surface area contributed by atoms with E-state index in [0.29, 0.717) is 24.2 Å². The molecular formula is C22H22FN5O2. The van der Waals surface area contributed by atoms with Crippen LogP contribution in [0.3, 0.4) is 0 Å². The first kappa shape index (κ1) is 18.9. The van der Waals surface area contributed by atoms with Gasteiger partial charge in [-0.1, -0.05) is 0 Å². The quantitative estimate of drug-likeness (QED) is 0.757. The van der Waals surface area contributed by atoms with Crippen molar-refractivity contribution in [3.05, 3.63) is 53.7 Å². The summed E-state index contributed by atoms with van der Waals surface area (Å²) in [6.07, 6.45) is 7.94. The number of hydrogen-bond acceptors (Lipinski definition) is 6. The third kappa shape index (κ3) is 3.39. The summed E-state index contributed by atoms with van der Waals surface area (Å²) in [5.74, 6) is 0.438. The number of carbonyl (C=O) groups is 1. The fourth-order valence-electron chi connectivity index (χ4n) is 4.67. The monoisotopic (exact) mass is 407 g/mol. The van der Waals surface area contributed by atoms with Crippen LogP contribution in [0.2, 0.25) is 0 Å². The number of halogens is 1. The highest BCUT2D eigenvalue weighted by Crippen LogP contribution is 2.49. The van der Waals surface area contributed by atoms with Gasteiger partial charge < -0.3 is 14.5 Å². The van der Waals surface area contributed by atoms with Gasteiger partial charge in [-0.25, -0.2) is 9.37 Å². The second-order valence-corrected chi connectivity index (χ2v) is 8.28. The van der Waals surface area contributed by atoms with E-state index in [1.807, 2.05) is 11.0 Å². The Morgan fingerprint density at radius 3 is 2.60 bits per heavy atom. The zero-order chi connectivity index (χ0) is 20.7. The number of carbonyl (C=O) groups excluding carboxylic acids is 1. The maximum absolute atomic E-state index is 13.5. The van der Waals surface area contributed by atoms with Crippen LogP contribution in [0, 0.1) is 17.1 Å². The molecule has 3 aliphatic rings. The van der Waals surface area contributed by atoms with Crippen LogP contribution in [0.25, 0.3) is 0 Å². The minimum absolute atomic E-state index is 0.00886. The minimum atomic E-state index is -0.571. The third-order valence-corrected chi connectivity index (χ3v) is 6.38. The van der Waals surface area contributed by atoms with E-state index in [-0.39, 0.29) is 24.6 Å². The maximum Gasteiger partial charge on any atom is 0.248 e. The molecule has 2 aromatic heterocycles. The van der Waals surface area contributed by atoms with Gasteiger partial charge in [0.1, 0.15) is 24.3 Å². The SMILES string of the molecule is N#Cc1ccc(N2C3CCC2CN(C(=O)COC2(c4cncc(F)c4)CC2)C3)nc1. The van der Waals surface area contributed by atoms with Crippen LogP contribution in [0.4, 0.5) is 10.2 Å². The van der Waals surface area contributed by atoms with Crippen molar-refractivity contribution in [2.24, 2.45) is 0 Å². The summed E-state index contributed by atoms with van der Waals surface area (Å²) >= 11 is 0. The van der Waals surface area contributed by atoms with Crippen molar-refractivity contribution in [3.63, 3.8) is 0 Å². The smallest absolute Gasteiger partial charge is 0.248 e. The summed E-state index contributed by atoms with van der Waals surface area (Å²) in [6.45, 7) is 1.26. The lowest BCUT2D eigenvalue weighted by Gasteiger charge is -2.41.